The van der Waals surface area contributed by atoms with Gasteiger partial charge in [-0.1, -0.05) is 6.92 Å². The van der Waals surface area contributed by atoms with Gasteiger partial charge in [0.05, 0.1) is 18.6 Å². The quantitative estimate of drug-likeness (QED) is 0.437. The second-order valence-electron chi connectivity index (χ2n) is 3.94. The van der Waals surface area contributed by atoms with Gasteiger partial charge in [-0.05, 0) is 17.9 Å². The molecule has 0 bridgehead atoms. The van der Waals surface area contributed by atoms with E-state index in [-0.39, 0.29) is 0 Å². The first-order chi connectivity index (χ1) is 9.35. The van der Waals surface area contributed by atoms with Crippen molar-refractivity contribution in [1.82, 2.24) is 9.97 Å². The van der Waals surface area contributed by atoms with Gasteiger partial charge in [0.1, 0.15) is 11.4 Å². The summed E-state index contributed by atoms with van der Waals surface area (Å²) in [6.07, 6.45) is 1.02. The molecule has 104 valence electrons. The number of nitrogen functional groups attached to an aromatic ring is 1. The van der Waals surface area contributed by atoms with Crippen LogP contribution >= 0.6 is 11.3 Å². The summed E-state index contributed by atoms with van der Waals surface area (Å²) in [5.41, 5.74) is 2.59. The Kier molecular flexibility index (Phi) is 5.46. The number of hydrazine groups is 1. The maximum atomic E-state index is 5.48. The van der Waals surface area contributed by atoms with Crippen molar-refractivity contribution in [3.63, 3.8) is 0 Å². The molecule has 6 nitrogen and oxygen atoms in total. The highest BCUT2D eigenvalue weighted by atomic mass is 32.1. The molecule has 2 aromatic heterocycles. The van der Waals surface area contributed by atoms with E-state index in [1.165, 1.54) is 0 Å². The minimum Gasteiger partial charge on any atom is -0.379 e. The molecule has 0 amide bonds. The van der Waals surface area contributed by atoms with Crippen LogP contribution in [0, 0.1) is 0 Å². The van der Waals surface area contributed by atoms with Crippen LogP contribution in [0.3, 0.4) is 0 Å². The number of nitrogens with two attached hydrogens (primary N) is 1. The Bertz CT molecular complexity index is 517. The van der Waals surface area contributed by atoms with Crippen LogP contribution in [0.5, 0.6) is 0 Å². The molecular formula is C12H18N4O2S. The number of anilines is 1. The van der Waals surface area contributed by atoms with Crippen LogP contribution in [0.1, 0.15) is 19.2 Å². The number of nitrogens with zero attached hydrogens (tertiary/aromatic N) is 2. The smallest absolute Gasteiger partial charge is 0.158 e. The van der Waals surface area contributed by atoms with E-state index in [9.17, 15) is 0 Å². The first-order valence-electron chi connectivity index (χ1n) is 6.21. The van der Waals surface area contributed by atoms with Crippen molar-refractivity contribution in [2.24, 2.45) is 5.84 Å². The van der Waals surface area contributed by atoms with Crippen molar-refractivity contribution in [1.29, 1.82) is 0 Å². The molecule has 0 aromatic carbocycles. The average Bonchev–Trinajstić information content (AvgIpc) is 2.90. The van der Waals surface area contributed by atoms with Crippen LogP contribution in [-0.2, 0) is 16.1 Å². The highest BCUT2D eigenvalue weighted by Crippen LogP contribution is 2.24. The monoisotopic (exact) mass is 282 g/mol. The first kappa shape index (κ1) is 14.1. The fourth-order valence-electron chi connectivity index (χ4n) is 1.60. The van der Waals surface area contributed by atoms with E-state index in [1.807, 2.05) is 11.4 Å². The Morgan fingerprint density at radius 3 is 2.89 bits per heavy atom. The molecule has 0 saturated heterocycles. The van der Waals surface area contributed by atoms with Gasteiger partial charge >= 0.3 is 0 Å². The van der Waals surface area contributed by atoms with Crippen LogP contribution in [0.15, 0.2) is 11.4 Å². The van der Waals surface area contributed by atoms with Gasteiger partial charge in [-0.15, -0.1) is 11.3 Å². The number of thiophene rings is 1. The minimum absolute atomic E-state index is 0.359. The molecule has 2 aromatic rings. The largest absolute Gasteiger partial charge is 0.379 e. The van der Waals surface area contributed by atoms with Crippen molar-refractivity contribution < 1.29 is 9.47 Å². The number of aromatic nitrogens is 2. The van der Waals surface area contributed by atoms with Crippen molar-refractivity contribution >= 4 is 27.4 Å². The zero-order valence-corrected chi connectivity index (χ0v) is 11.7. The number of ether oxygens (including phenoxy) is 2. The normalized spacial score (nSPS) is 11.1. The van der Waals surface area contributed by atoms with Crippen LogP contribution in [0.4, 0.5) is 5.82 Å². The van der Waals surface area contributed by atoms with Crippen molar-refractivity contribution in [2.45, 2.75) is 20.0 Å². The Balaban J connectivity index is 1.89. The molecule has 2 heterocycles. The van der Waals surface area contributed by atoms with Gasteiger partial charge in [-0.2, -0.15) is 0 Å². The van der Waals surface area contributed by atoms with Crippen LogP contribution in [0.25, 0.3) is 10.2 Å². The summed E-state index contributed by atoms with van der Waals surface area (Å²) in [6, 6.07) is 1.94. The lowest BCUT2D eigenvalue weighted by Gasteiger charge is -2.06. The molecule has 0 aliphatic rings. The van der Waals surface area contributed by atoms with Gasteiger partial charge in [0.2, 0.25) is 0 Å². The van der Waals surface area contributed by atoms with E-state index in [2.05, 4.69) is 22.3 Å². The van der Waals surface area contributed by atoms with Gasteiger partial charge < -0.3 is 14.9 Å². The van der Waals surface area contributed by atoms with Crippen LogP contribution in [-0.4, -0.2) is 29.8 Å². The standard InChI is InChI=1S/C12H18N4O2S/c1-2-4-17-5-6-18-8-10-14-11(16-13)9-3-7-19-12(9)15-10/h3,7H,2,4-6,8,13H2,1H3,(H,14,15,16). The van der Waals surface area contributed by atoms with Gasteiger partial charge in [0.15, 0.2) is 11.6 Å². The number of fused-ring (bicyclic) bond motifs is 1. The highest BCUT2D eigenvalue weighted by Gasteiger charge is 2.07. The zero-order valence-electron chi connectivity index (χ0n) is 10.9. The van der Waals surface area contributed by atoms with Gasteiger partial charge in [0.25, 0.3) is 0 Å². The summed E-state index contributed by atoms with van der Waals surface area (Å²) >= 11 is 1.55. The van der Waals surface area contributed by atoms with E-state index in [4.69, 9.17) is 15.3 Å². The van der Waals surface area contributed by atoms with Gasteiger partial charge in [-0.3, -0.25) is 0 Å². The van der Waals surface area contributed by atoms with Crippen molar-refractivity contribution in [3.05, 3.63) is 17.3 Å². The lowest BCUT2D eigenvalue weighted by Crippen LogP contribution is -2.12. The van der Waals surface area contributed by atoms with E-state index in [0.29, 0.717) is 31.5 Å². The van der Waals surface area contributed by atoms with E-state index in [1.54, 1.807) is 11.3 Å². The fraction of sp³-hybridized carbons (Fsp3) is 0.500. The number of hydrogen-bond acceptors (Lipinski definition) is 7. The number of nitrogens with one attached hydrogen (secondary N) is 1. The number of rotatable bonds is 8. The molecular weight excluding hydrogens is 264 g/mol. The molecule has 0 aliphatic carbocycles. The molecule has 7 heteroatoms. The second-order valence-corrected chi connectivity index (χ2v) is 4.83. The van der Waals surface area contributed by atoms with Crippen molar-refractivity contribution in [3.8, 4) is 0 Å². The first-order valence-corrected chi connectivity index (χ1v) is 7.09. The van der Waals surface area contributed by atoms with Crippen LogP contribution < -0.4 is 11.3 Å². The molecule has 0 unspecified atom stereocenters. The zero-order chi connectivity index (χ0) is 13.5. The summed E-state index contributed by atoms with van der Waals surface area (Å²) in [5.74, 6) is 6.71. The van der Waals surface area contributed by atoms with Gasteiger partial charge in [0, 0.05) is 6.61 Å². The van der Waals surface area contributed by atoms with Crippen molar-refractivity contribution in [2.75, 3.05) is 25.2 Å². The predicted octanol–water partition coefficient (Wildman–Crippen LogP) is 1.92. The molecule has 0 saturated carbocycles. The average molecular weight is 282 g/mol. The van der Waals surface area contributed by atoms with E-state index < -0.39 is 0 Å². The third kappa shape index (κ3) is 3.84. The summed E-state index contributed by atoms with van der Waals surface area (Å²) in [4.78, 5) is 9.65. The molecule has 0 radical (unpaired) electrons. The van der Waals surface area contributed by atoms with Crippen LogP contribution in [0.2, 0.25) is 0 Å². The molecule has 0 atom stereocenters. The Hall–Kier alpha value is -1.28. The summed E-state index contributed by atoms with van der Waals surface area (Å²) in [7, 11) is 0. The third-order valence-corrected chi connectivity index (χ3v) is 3.27. The topological polar surface area (TPSA) is 82.3 Å². The highest BCUT2D eigenvalue weighted by molar-refractivity contribution is 7.16. The molecule has 0 fully saturated rings. The lowest BCUT2D eigenvalue weighted by atomic mass is 10.4. The molecule has 0 aliphatic heterocycles. The lowest BCUT2D eigenvalue weighted by molar-refractivity contribution is 0.0387. The van der Waals surface area contributed by atoms with E-state index in [0.717, 1.165) is 23.2 Å². The Morgan fingerprint density at radius 1 is 1.26 bits per heavy atom. The maximum absolute atomic E-state index is 5.48. The summed E-state index contributed by atoms with van der Waals surface area (Å²) in [5, 5.41) is 2.89. The maximum Gasteiger partial charge on any atom is 0.158 e. The third-order valence-electron chi connectivity index (χ3n) is 2.46. The van der Waals surface area contributed by atoms with Gasteiger partial charge in [-0.25, -0.2) is 15.8 Å². The minimum atomic E-state index is 0.359. The molecule has 19 heavy (non-hydrogen) atoms. The van der Waals surface area contributed by atoms with E-state index >= 15 is 0 Å². The summed E-state index contributed by atoms with van der Waals surface area (Å²) in [6.45, 7) is 4.33. The Labute approximate surface area is 115 Å². The number of hydrogen-bond donors (Lipinski definition) is 2. The molecule has 0 spiro atoms. The predicted molar refractivity (Wildman–Crippen MR) is 76.0 cm³/mol. The second kappa shape index (κ2) is 7.34. The molecule has 2 rings (SSSR count). The summed E-state index contributed by atoms with van der Waals surface area (Å²) < 4.78 is 10.8. The molecule has 3 N–H and O–H groups in total. The SMILES string of the molecule is CCCOCCOCc1nc(NN)c2ccsc2n1. The Morgan fingerprint density at radius 2 is 2.11 bits per heavy atom. The fourth-order valence-corrected chi connectivity index (χ4v) is 2.38.